The van der Waals surface area contributed by atoms with E-state index < -0.39 is 0 Å². The zero-order valence-corrected chi connectivity index (χ0v) is 9.76. The topological polar surface area (TPSA) is 67.9 Å². The molecular formula is C9H15N3O2S. The van der Waals surface area contributed by atoms with Crippen LogP contribution in [0, 0.1) is 6.92 Å². The molecule has 1 N–H and O–H groups in total. The minimum Gasteiger partial charge on any atom is -0.465 e. The number of nitrogens with one attached hydrogen (secondary N) is 1. The van der Waals surface area contributed by atoms with Crippen LogP contribution in [0.25, 0.3) is 0 Å². The molecule has 6 heteroatoms. The van der Waals surface area contributed by atoms with Crippen molar-refractivity contribution >= 4 is 17.7 Å². The maximum Gasteiger partial charge on any atom is 0.316 e. The highest BCUT2D eigenvalue weighted by molar-refractivity contribution is 7.99. The van der Waals surface area contributed by atoms with Crippen LogP contribution < -0.4 is 0 Å². The molecule has 0 unspecified atom stereocenters. The van der Waals surface area contributed by atoms with Crippen LogP contribution >= 0.6 is 11.8 Å². The van der Waals surface area contributed by atoms with Gasteiger partial charge in [0.2, 0.25) is 5.16 Å². The molecule has 1 rings (SSSR count). The average Bonchev–Trinajstić information content (AvgIpc) is 2.62. The zero-order valence-electron chi connectivity index (χ0n) is 8.95. The molecule has 1 aromatic rings. The Bertz CT molecular complexity index is 314. The molecule has 1 aromatic heterocycles. The molecule has 84 valence electrons. The molecule has 0 bridgehead atoms. The zero-order chi connectivity index (χ0) is 11.1. The minimum atomic E-state index is -0.212. The number of H-pyrrole nitrogens is 1. The van der Waals surface area contributed by atoms with E-state index in [2.05, 4.69) is 22.1 Å². The van der Waals surface area contributed by atoms with Crippen molar-refractivity contribution in [2.45, 2.75) is 31.8 Å². The molecule has 1 heterocycles. The van der Waals surface area contributed by atoms with Crippen molar-refractivity contribution in [2.24, 2.45) is 0 Å². The van der Waals surface area contributed by atoms with Crippen molar-refractivity contribution in [3.05, 3.63) is 5.82 Å². The summed E-state index contributed by atoms with van der Waals surface area (Å²) in [6.45, 7) is 4.37. The van der Waals surface area contributed by atoms with Gasteiger partial charge in [0, 0.05) is 0 Å². The fourth-order valence-electron chi connectivity index (χ4n) is 0.882. The first-order chi connectivity index (χ1) is 7.22. The summed E-state index contributed by atoms with van der Waals surface area (Å²) in [5.74, 6) is 0.800. The highest BCUT2D eigenvalue weighted by Gasteiger charge is 2.06. The first-order valence-electron chi connectivity index (χ1n) is 4.89. The number of carbonyl (C=O) groups excluding carboxylic acids is 1. The number of aromatic amines is 1. The van der Waals surface area contributed by atoms with E-state index in [0.29, 0.717) is 11.8 Å². The summed E-state index contributed by atoms with van der Waals surface area (Å²) in [5.41, 5.74) is 0. The van der Waals surface area contributed by atoms with E-state index in [0.717, 1.165) is 18.7 Å². The van der Waals surface area contributed by atoms with E-state index in [1.165, 1.54) is 11.8 Å². The predicted molar refractivity (Wildman–Crippen MR) is 57.7 cm³/mol. The lowest BCUT2D eigenvalue weighted by Gasteiger charge is -2.01. The van der Waals surface area contributed by atoms with Gasteiger partial charge < -0.3 is 4.74 Å². The molecule has 0 atom stereocenters. The van der Waals surface area contributed by atoms with Gasteiger partial charge in [-0.25, -0.2) is 4.98 Å². The highest BCUT2D eigenvalue weighted by atomic mass is 32.2. The Kier molecular flexibility index (Phi) is 5.17. The van der Waals surface area contributed by atoms with Gasteiger partial charge in [-0.1, -0.05) is 25.1 Å². The number of aromatic nitrogens is 3. The smallest absolute Gasteiger partial charge is 0.316 e. The van der Waals surface area contributed by atoms with Crippen molar-refractivity contribution in [3.63, 3.8) is 0 Å². The van der Waals surface area contributed by atoms with E-state index in [-0.39, 0.29) is 11.7 Å². The lowest BCUT2D eigenvalue weighted by atomic mass is 10.4. The lowest BCUT2D eigenvalue weighted by Crippen LogP contribution is -2.08. The Hall–Kier alpha value is -1.04. The largest absolute Gasteiger partial charge is 0.465 e. The lowest BCUT2D eigenvalue weighted by molar-refractivity contribution is -0.140. The number of nitrogens with zero attached hydrogens (tertiary/aromatic N) is 2. The van der Waals surface area contributed by atoms with Gasteiger partial charge in [0.1, 0.15) is 5.82 Å². The normalized spacial score (nSPS) is 10.3. The molecule has 0 amide bonds. The van der Waals surface area contributed by atoms with Gasteiger partial charge in [-0.05, 0) is 13.3 Å². The van der Waals surface area contributed by atoms with Crippen molar-refractivity contribution < 1.29 is 9.53 Å². The van der Waals surface area contributed by atoms with Crippen LogP contribution in [-0.4, -0.2) is 33.5 Å². The second-order valence-electron chi connectivity index (χ2n) is 3.07. The molecule has 0 aromatic carbocycles. The molecule has 0 aliphatic carbocycles. The molecule has 15 heavy (non-hydrogen) atoms. The molecular weight excluding hydrogens is 214 g/mol. The Balaban J connectivity index is 2.16. The van der Waals surface area contributed by atoms with E-state index in [1.54, 1.807) is 0 Å². The minimum absolute atomic E-state index is 0.212. The number of unbranched alkanes of at least 4 members (excludes halogenated alkanes) is 1. The first kappa shape index (κ1) is 12.0. The van der Waals surface area contributed by atoms with Crippen molar-refractivity contribution in [1.82, 2.24) is 15.2 Å². The number of aryl methyl sites for hydroxylation is 1. The molecule has 0 radical (unpaired) electrons. The van der Waals surface area contributed by atoms with E-state index in [4.69, 9.17) is 4.74 Å². The molecule has 0 aliphatic heterocycles. The van der Waals surface area contributed by atoms with Crippen LogP contribution in [0.1, 0.15) is 25.6 Å². The van der Waals surface area contributed by atoms with Crippen molar-refractivity contribution in [1.29, 1.82) is 0 Å². The molecule has 0 saturated heterocycles. The number of carbonyl (C=O) groups is 1. The monoisotopic (exact) mass is 229 g/mol. The number of hydrogen-bond acceptors (Lipinski definition) is 5. The second-order valence-corrected chi connectivity index (χ2v) is 4.01. The van der Waals surface area contributed by atoms with Crippen LogP contribution in [-0.2, 0) is 9.53 Å². The number of rotatable bonds is 6. The number of esters is 1. The summed E-state index contributed by atoms with van der Waals surface area (Å²) in [5, 5.41) is 7.20. The van der Waals surface area contributed by atoms with Crippen LogP contribution in [0.3, 0.4) is 0 Å². The van der Waals surface area contributed by atoms with Crippen LogP contribution in [0.2, 0.25) is 0 Å². The van der Waals surface area contributed by atoms with Crippen LogP contribution in [0.5, 0.6) is 0 Å². The number of hydrogen-bond donors (Lipinski definition) is 1. The quantitative estimate of drug-likeness (QED) is 0.455. The van der Waals surface area contributed by atoms with E-state index in [1.807, 2.05) is 6.92 Å². The SMILES string of the molecule is CCCCOC(=O)CSc1n[nH]c(C)n1. The summed E-state index contributed by atoms with van der Waals surface area (Å²) >= 11 is 1.28. The molecule has 0 fully saturated rings. The average molecular weight is 229 g/mol. The van der Waals surface area contributed by atoms with Gasteiger partial charge >= 0.3 is 5.97 Å². The summed E-state index contributed by atoms with van der Waals surface area (Å²) in [6, 6.07) is 0. The van der Waals surface area contributed by atoms with Crippen LogP contribution in [0.4, 0.5) is 0 Å². The fourth-order valence-corrected chi connectivity index (χ4v) is 1.52. The molecule has 0 saturated carbocycles. The van der Waals surface area contributed by atoms with E-state index >= 15 is 0 Å². The number of ether oxygens (including phenoxy) is 1. The maximum absolute atomic E-state index is 11.2. The Labute approximate surface area is 93.0 Å². The van der Waals surface area contributed by atoms with Gasteiger partial charge in [-0.2, -0.15) is 0 Å². The highest BCUT2D eigenvalue weighted by Crippen LogP contribution is 2.11. The number of thioether (sulfide) groups is 1. The van der Waals surface area contributed by atoms with Crippen molar-refractivity contribution in [3.8, 4) is 0 Å². The van der Waals surface area contributed by atoms with Gasteiger partial charge in [-0.15, -0.1) is 5.10 Å². The molecule has 5 nitrogen and oxygen atoms in total. The molecule has 0 aliphatic rings. The van der Waals surface area contributed by atoms with Gasteiger partial charge in [-0.3, -0.25) is 9.89 Å². The Morgan fingerprint density at radius 3 is 3.00 bits per heavy atom. The van der Waals surface area contributed by atoms with Crippen molar-refractivity contribution in [2.75, 3.05) is 12.4 Å². The fraction of sp³-hybridized carbons (Fsp3) is 0.667. The standard InChI is InChI=1S/C9H15N3O2S/c1-3-4-5-14-8(13)6-15-9-10-7(2)11-12-9/h3-6H2,1-2H3,(H,10,11,12). The summed E-state index contributed by atoms with van der Waals surface area (Å²) in [6.07, 6.45) is 1.94. The Morgan fingerprint density at radius 2 is 2.40 bits per heavy atom. The summed E-state index contributed by atoms with van der Waals surface area (Å²) < 4.78 is 4.99. The second kappa shape index (κ2) is 6.44. The third-order valence-electron chi connectivity index (χ3n) is 1.66. The van der Waals surface area contributed by atoms with E-state index in [9.17, 15) is 4.79 Å². The summed E-state index contributed by atoms with van der Waals surface area (Å²) in [7, 11) is 0. The van der Waals surface area contributed by atoms with Gasteiger partial charge in [0.15, 0.2) is 0 Å². The summed E-state index contributed by atoms with van der Waals surface area (Å²) in [4.78, 5) is 15.3. The maximum atomic E-state index is 11.2. The Morgan fingerprint density at radius 1 is 1.60 bits per heavy atom. The predicted octanol–water partition coefficient (Wildman–Crippen LogP) is 1.55. The third-order valence-corrected chi connectivity index (χ3v) is 2.48. The third kappa shape index (κ3) is 4.83. The first-order valence-corrected chi connectivity index (χ1v) is 5.88. The van der Waals surface area contributed by atoms with Crippen LogP contribution in [0.15, 0.2) is 5.16 Å². The molecule has 0 spiro atoms. The van der Waals surface area contributed by atoms with Gasteiger partial charge in [0.05, 0.1) is 12.4 Å². The van der Waals surface area contributed by atoms with Gasteiger partial charge in [0.25, 0.3) is 0 Å².